The first kappa shape index (κ1) is 11.4. The summed E-state index contributed by atoms with van der Waals surface area (Å²) >= 11 is 0. The second-order valence-electron chi connectivity index (χ2n) is 4.71. The van der Waals surface area contributed by atoms with E-state index in [0.717, 1.165) is 5.56 Å². The number of ketones is 1. The predicted octanol–water partition coefficient (Wildman–Crippen LogP) is 1.17. The molecule has 0 saturated carbocycles. The summed E-state index contributed by atoms with van der Waals surface area (Å²) < 4.78 is 5.56. The van der Waals surface area contributed by atoms with Crippen molar-refractivity contribution in [2.24, 2.45) is 4.99 Å². The van der Waals surface area contributed by atoms with Gasteiger partial charge in [0.15, 0.2) is 5.78 Å². The Morgan fingerprint density at radius 3 is 3.17 bits per heavy atom. The number of carbonyl (C=O) groups is 1. The van der Waals surface area contributed by atoms with Crippen LogP contribution in [0.3, 0.4) is 0 Å². The van der Waals surface area contributed by atoms with Gasteiger partial charge < -0.3 is 4.65 Å². The lowest BCUT2D eigenvalue weighted by Gasteiger charge is -2.04. The fourth-order valence-corrected chi connectivity index (χ4v) is 2.39. The van der Waals surface area contributed by atoms with Gasteiger partial charge in [-0.25, -0.2) is 0 Å². The number of fused-ring (bicyclic) bond motifs is 1. The number of allylic oxidation sites excluding steroid dienone is 1. The minimum absolute atomic E-state index is 0.0928. The van der Waals surface area contributed by atoms with Gasteiger partial charge in [0.1, 0.15) is 5.71 Å². The lowest BCUT2D eigenvalue weighted by atomic mass is 9.64. The van der Waals surface area contributed by atoms with E-state index < -0.39 is 0 Å². The molecule has 0 bridgehead atoms. The number of aliphatic imine (C=N–C) groups is 1. The minimum atomic E-state index is 0.0928. The molecule has 0 amide bonds. The molecule has 2 heterocycles. The Balaban J connectivity index is 1.79. The van der Waals surface area contributed by atoms with Gasteiger partial charge in [-0.2, -0.15) is 0 Å². The largest absolute Gasteiger partial charge is 0.427 e. The summed E-state index contributed by atoms with van der Waals surface area (Å²) in [5, 5.41) is 0. The molecule has 0 radical (unpaired) electrons. The van der Waals surface area contributed by atoms with Crippen LogP contribution in [-0.4, -0.2) is 25.0 Å². The second-order valence-corrected chi connectivity index (χ2v) is 4.71. The van der Waals surface area contributed by atoms with Gasteiger partial charge in [0.05, 0.1) is 13.2 Å². The Bertz CT molecular complexity index is 563. The molecule has 0 fully saturated rings. The number of benzene rings is 1. The van der Waals surface area contributed by atoms with Crippen molar-refractivity contribution >= 4 is 23.9 Å². The maximum absolute atomic E-state index is 12.0. The average Bonchev–Trinajstić information content (AvgIpc) is 3.00. The molecule has 3 nitrogen and oxygen atoms in total. The first-order valence-corrected chi connectivity index (χ1v) is 6.21. The SMILES string of the molecule is CB1OCc2ccc(CC(=O)C3=NCC=C3)cc21. The van der Waals surface area contributed by atoms with Crippen LogP contribution in [0.25, 0.3) is 0 Å². The van der Waals surface area contributed by atoms with Crippen LogP contribution in [0, 0.1) is 0 Å². The van der Waals surface area contributed by atoms with E-state index in [4.69, 9.17) is 4.65 Å². The van der Waals surface area contributed by atoms with E-state index in [9.17, 15) is 4.79 Å². The number of hydrogen-bond donors (Lipinski definition) is 0. The Morgan fingerprint density at radius 2 is 2.39 bits per heavy atom. The lowest BCUT2D eigenvalue weighted by molar-refractivity contribution is -0.112. The van der Waals surface area contributed by atoms with Crippen LogP contribution in [0.15, 0.2) is 35.3 Å². The molecular formula is C14H14BNO2. The average molecular weight is 239 g/mol. The maximum atomic E-state index is 12.0. The van der Waals surface area contributed by atoms with Crippen molar-refractivity contribution in [2.45, 2.75) is 19.9 Å². The summed E-state index contributed by atoms with van der Waals surface area (Å²) in [4.78, 5) is 16.1. The standard InChI is InChI=1S/C14H14BNO2/c1-15-12-7-10(4-5-11(12)9-18-15)8-14(17)13-3-2-6-16-13/h2-5,7H,6,8-9H2,1H3. The van der Waals surface area contributed by atoms with Gasteiger partial charge in [0, 0.05) is 6.42 Å². The number of nitrogens with zero attached hydrogens (tertiary/aromatic N) is 1. The zero-order valence-electron chi connectivity index (χ0n) is 10.3. The molecule has 2 aliphatic heterocycles. The summed E-state index contributed by atoms with van der Waals surface area (Å²) in [6, 6.07) is 6.16. The zero-order valence-corrected chi connectivity index (χ0v) is 10.3. The molecule has 0 aromatic heterocycles. The molecule has 0 atom stereocenters. The minimum Gasteiger partial charge on any atom is -0.427 e. The van der Waals surface area contributed by atoms with Crippen LogP contribution in [-0.2, 0) is 22.5 Å². The molecule has 3 rings (SSSR count). The smallest absolute Gasteiger partial charge is 0.324 e. The van der Waals surface area contributed by atoms with Gasteiger partial charge >= 0.3 is 6.92 Å². The number of hydrogen-bond acceptors (Lipinski definition) is 3. The highest BCUT2D eigenvalue weighted by Gasteiger charge is 2.23. The van der Waals surface area contributed by atoms with Crippen LogP contribution in [0.4, 0.5) is 0 Å². The quantitative estimate of drug-likeness (QED) is 0.742. The van der Waals surface area contributed by atoms with Crippen LogP contribution < -0.4 is 5.46 Å². The zero-order chi connectivity index (χ0) is 12.5. The van der Waals surface area contributed by atoms with E-state index >= 15 is 0 Å². The van der Waals surface area contributed by atoms with Crippen LogP contribution in [0.2, 0.25) is 6.82 Å². The predicted molar refractivity (Wildman–Crippen MR) is 72.6 cm³/mol. The molecule has 1 aromatic carbocycles. The Kier molecular flexibility index (Phi) is 2.88. The summed E-state index contributed by atoms with van der Waals surface area (Å²) in [6.07, 6.45) is 4.14. The first-order chi connectivity index (χ1) is 8.74. The van der Waals surface area contributed by atoms with Gasteiger partial charge in [0.25, 0.3) is 0 Å². The number of rotatable bonds is 3. The van der Waals surface area contributed by atoms with Crippen LogP contribution in [0.5, 0.6) is 0 Å². The summed E-state index contributed by atoms with van der Waals surface area (Å²) in [7, 11) is 0. The molecule has 0 aliphatic carbocycles. The van der Waals surface area contributed by atoms with Gasteiger partial charge in [-0.3, -0.25) is 9.79 Å². The third kappa shape index (κ3) is 2.04. The fraction of sp³-hybridized carbons (Fsp3) is 0.286. The monoisotopic (exact) mass is 239 g/mol. The molecule has 18 heavy (non-hydrogen) atoms. The van der Waals surface area contributed by atoms with E-state index in [1.165, 1.54) is 11.0 Å². The highest BCUT2D eigenvalue weighted by molar-refractivity contribution is 6.67. The van der Waals surface area contributed by atoms with Crippen molar-refractivity contribution in [3.05, 3.63) is 41.5 Å². The van der Waals surface area contributed by atoms with E-state index in [1.807, 2.05) is 19.0 Å². The highest BCUT2D eigenvalue weighted by atomic mass is 16.4. The van der Waals surface area contributed by atoms with E-state index in [1.54, 1.807) is 6.08 Å². The summed E-state index contributed by atoms with van der Waals surface area (Å²) in [5.74, 6) is 0.0928. The highest BCUT2D eigenvalue weighted by Crippen LogP contribution is 2.13. The van der Waals surface area contributed by atoms with Crippen molar-refractivity contribution in [2.75, 3.05) is 6.54 Å². The molecule has 2 aliphatic rings. The lowest BCUT2D eigenvalue weighted by Crippen LogP contribution is -2.25. The molecule has 0 saturated heterocycles. The maximum Gasteiger partial charge on any atom is 0.324 e. The first-order valence-electron chi connectivity index (χ1n) is 6.21. The molecule has 1 aromatic rings. The molecule has 90 valence electrons. The topological polar surface area (TPSA) is 38.7 Å². The van der Waals surface area contributed by atoms with Crippen molar-refractivity contribution in [3.63, 3.8) is 0 Å². The van der Waals surface area contributed by atoms with Gasteiger partial charge in [-0.05, 0) is 22.7 Å². The van der Waals surface area contributed by atoms with Crippen molar-refractivity contribution in [3.8, 4) is 0 Å². The number of Topliss-reactive ketones (excluding diaryl/α,β-unsaturated/α-hetero) is 1. The van der Waals surface area contributed by atoms with E-state index in [2.05, 4.69) is 17.1 Å². The van der Waals surface area contributed by atoms with Gasteiger partial charge in [0.2, 0.25) is 0 Å². The van der Waals surface area contributed by atoms with Crippen molar-refractivity contribution in [1.29, 1.82) is 0 Å². The third-order valence-electron chi connectivity index (χ3n) is 3.43. The number of carbonyl (C=O) groups excluding carboxylic acids is 1. The summed E-state index contributed by atoms with van der Waals surface area (Å²) in [6.45, 7) is 3.50. The Hall–Kier alpha value is -1.68. The molecule has 0 N–H and O–H groups in total. The van der Waals surface area contributed by atoms with Crippen LogP contribution in [0.1, 0.15) is 11.1 Å². The van der Waals surface area contributed by atoms with E-state index in [-0.39, 0.29) is 12.7 Å². The fourth-order valence-electron chi connectivity index (χ4n) is 2.39. The van der Waals surface area contributed by atoms with E-state index in [0.29, 0.717) is 25.3 Å². The molecule has 0 spiro atoms. The van der Waals surface area contributed by atoms with Crippen molar-refractivity contribution < 1.29 is 9.45 Å². The van der Waals surface area contributed by atoms with Crippen molar-refractivity contribution in [1.82, 2.24) is 0 Å². The van der Waals surface area contributed by atoms with Gasteiger partial charge in [-0.15, -0.1) is 0 Å². The Labute approximate surface area is 107 Å². The summed E-state index contributed by atoms with van der Waals surface area (Å²) in [5.41, 5.74) is 4.08. The second kappa shape index (κ2) is 4.54. The van der Waals surface area contributed by atoms with Crippen LogP contribution >= 0.6 is 0 Å². The molecule has 0 unspecified atom stereocenters. The third-order valence-corrected chi connectivity index (χ3v) is 3.43. The normalized spacial score (nSPS) is 16.9. The molecular weight excluding hydrogens is 225 g/mol. The molecule has 4 heteroatoms. The Morgan fingerprint density at radius 1 is 1.50 bits per heavy atom. The van der Waals surface area contributed by atoms with Gasteiger partial charge in [-0.1, -0.05) is 31.1 Å².